The SMILES string of the molecule is CN1CCCN(CCN=C(N)NC2CCOc3ccccc32)CC1.I. The van der Waals surface area contributed by atoms with Crippen molar-refractivity contribution < 1.29 is 4.74 Å². The number of nitrogens with two attached hydrogens (primary N) is 1. The fraction of sp³-hybridized carbons (Fsp3) is 0.611. The van der Waals surface area contributed by atoms with E-state index in [2.05, 4.69) is 33.2 Å². The van der Waals surface area contributed by atoms with Gasteiger partial charge in [-0.1, -0.05) is 18.2 Å². The maximum Gasteiger partial charge on any atom is 0.189 e. The number of aliphatic imine (C=N–C) groups is 1. The molecule has 3 N–H and O–H groups in total. The van der Waals surface area contributed by atoms with Crippen LogP contribution >= 0.6 is 24.0 Å². The van der Waals surface area contributed by atoms with Crippen LogP contribution in [0.1, 0.15) is 24.4 Å². The Bertz CT molecular complexity index is 568. The molecule has 1 atom stereocenters. The normalized spacial score (nSPS) is 22.3. The van der Waals surface area contributed by atoms with Gasteiger partial charge in [-0.25, -0.2) is 0 Å². The van der Waals surface area contributed by atoms with Gasteiger partial charge in [0.15, 0.2) is 5.96 Å². The molecule has 2 aliphatic rings. The highest BCUT2D eigenvalue weighted by molar-refractivity contribution is 14.0. The molecule has 0 amide bonds. The molecule has 1 saturated heterocycles. The first-order chi connectivity index (χ1) is 11.7. The van der Waals surface area contributed by atoms with E-state index in [0.717, 1.165) is 50.5 Å². The zero-order valence-electron chi connectivity index (χ0n) is 15.0. The van der Waals surface area contributed by atoms with Crippen LogP contribution in [0.15, 0.2) is 29.3 Å². The summed E-state index contributed by atoms with van der Waals surface area (Å²) in [5, 5.41) is 3.35. The number of hydrogen-bond acceptors (Lipinski definition) is 4. The van der Waals surface area contributed by atoms with Crippen molar-refractivity contribution in [3.8, 4) is 5.75 Å². The summed E-state index contributed by atoms with van der Waals surface area (Å²) in [7, 11) is 2.19. The molecule has 7 heteroatoms. The van der Waals surface area contributed by atoms with Gasteiger partial charge in [-0.2, -0.15) is 0 Å². The first-order valence-electron chi connectivity index (χ1n) is 8.91. The monoisotopic (exact) mass is 459 g/mol. The highest BCUT2D eigenvalue weighted by Gasteiger charge is 2.21. The molecule has 0 bridgehead atoms. The van der Waals surface area contributed by atoms with Gasteiger partial charge in [0.25, 0.3) is 0 Å². The van der Waals surface area contributed by atoms with E-state index in [4.69, 9.17) is 10.5 Å². The van der Waals surface area contributed by atoms with Crippen molar-refractivity contribution in [2.75, 3.05) is 52.9 Å². The first-order valence-corrected chi connectivity index (χ1v) is 8.91. The topological polar surface area (TPSA) is 66.1 Å². The first kappa shape index (κ1) is 20.3. The molecule has 3 rings (SSSR count). The van der Waals surface area contributed by atoms with E-state index in [-0.39, 0.29) is 30.0 Å². The van der Waals surface area contributed by atoms with Crippen LogP contribution in [0.3, 0.4) is 0 Å². The van der Waals surface area contributed by atoms with Gasteiger partial charge < -0.3 is 25.6 Å². The fourth-order valence-electron chi connectivity index (χ4n) is 3.35. The summed E-state index contributed by atoms with van der Waals surface area (Å²) in [6.45, 7) is 7.02. The Labute approximate surface area is 167 Å². The maximum absolute atomic E-state index is 6.10. The summed E-state index contributed by atoms with van der Waals surface area (Å²) < 4.78 is 5.68. The van der Waals surface area contributed by atoms with Crippen molar-refractivity contribution in [3.05, 3.63) is 29.8 Å². The number of halogens is 1. The number of nitrogens with one attached hydrogen (secondary N) is 1. The summed E-state index contributed by atoms with van der Waals surface area (Å²) in [5.74, 6) is 1.48. The van der Waals surface area contributed by atoms with Crippen molar-refractivity contribution in [2.24, 2.45) is 10.7 Å². The summed E-state index contributed by atoms with van der Waals surface area (Å²) >= 11 is 0. The zero-order valence-corrected chi connectivity index (χ0v) is 17.3. The summed E-state index contributed by atoms with van der Waals surface area (Å²) in [6.07, 6.45) is 2.14. The second-order valence-corrected chi connectivity index (χ2v) is 6.64. The summed E-state index contributed by atoms with van der Waals surface area (Å²) in [6, 6.07) is 8.31. The molecule has 0 aromatic heterocycles. The molecule has 1 aromatic carbocycles. The predicted molar refractivity (Wildman–Crippen MR) is 113 cm³/mol. The Morgan fingerprint density at radius 2 is 2.12 bits per heavy atom. The number of hydrogen-bond donors (Lipinski definition) is 2. The maximum atomic E-state index is 6.10. The molecule has 1 aromatic rings. The van der Waals surface area contributed by atoms with Crippen molar-refractivity contribution in [3.63, 3.8) is 0 Å². The molecule has 0 radical (unpaired) electrons. The van der Waals surface area contributed by atoms with Crippen molar-refractivity contribution in [1.82, 2.24) is 15.1 Å². The van der Waals surface area contributed by atoms with Gasteiger partial charge in [-0.3, -0.25) is 4.99 Å². The van der Waals surface area contributed by atoms with Crippen LogP contribution in [0, 0.1) is 0 Å². The molecule has 1 unspecified atom stereocenters. The summed E-state index contributed by atoms with van der Waals surface area (Å²) in [5.41, 5.74) is 7.27. The molecular weight excluding hydrogens is 429 g/mol. The standard InChI is InChI=1S/C18H29N5O.HI/c1-22-9-4-10-23(13-12-22)11-8-20-18(19)21-16-7-14-24-17-6-3-2-5-15(16)17;/h2-3,5-6,16H,4,7-14H2,1H3,(H3,19,20,21);1H. The van der Waals surface area contributed by atoms with Crippen LogP contribution in [0.2, 0.25) is 0 Å². The van der Waals surface area contributed by atoms with Gasteiger partial charge >= 0.3 is 0 Å². The van der Waals surface area contributed by atoms with E-state index >= 15 is 0 Å². The minimum atomic E-state index is 0. The molecule has 2 aliphatic heterocycles. The average molecular weight is 459 g/mol. The second-order valence-electron chi connectivity index (χ2n) is 6.64. The Hall–Kier alpha value is -1.06. The van der Waals surface area contributed by atoms with E-state index in [0.29, 0.717) is 12.6 Å². The van der Waals surface area contributed by atoms with E-state index in [1.165, 1.54) is 13.0 Å². The van der Waals surface area contributed by atoms with Crippen molar-refractivity contribution >= 4 is 29.9 Å². The molecule has 0 spiro atoms. The highest BCUT2D eigenvalue weighted by Crippen LogP contribution is 2.31. The van der Waals surface area contributed by atoms with Crippen LogP contribution in [-0.4, -0.2) is 68.7 Å². The zero-order chi connectivity index (χ0) is 16.8. The van der Waals surface area contributed by atoms with E-state index in [9.17, 15) is 0 Å². The van der Waals surface area contributed by atoms with Crippen molar-refractivity contribution in [1.29, 1.82) is 0 Å². The second kappa shape index (κ2) is 10.2. The van der Waals surface area contributed by atoms with Gasteiger partial charge in [-0.05, 0) is 32.6 Å². The highest BCUT2D eigenvalue weighted by atomic mass is 127. The smallest absolute Gasteiger partial charge is 0.189 e. The molecule has 140 valence electrons. The third kappa shape index (κ3) is 6.00. The van der Waals surface area contributed by atoms with Crippen LogP contribution in [0.4, 0.5) is 0 Å². The lowest BCUT2D eigenvalue weighted by Gasteiger charge is -2.27. The number of para-hydroxylation sites is 1. The summed E-state index contributed by atoms with van der Waals surface area (Å²) in [4.78, 5) is 9.39. The van der Waals surface area contributed by atoms with E-state index in [1.807, 2.05) is 18.2 Å². The third-order valence-electron chi connectivity index (χ3n) is 4.79. The molecule has 0 aliphatic carbocycles. The lowest BCUT2D eigenvalue weighted by atomic mass is 10.0. The van der Waals surface area contributed by atoms with Gasteiger partial charge in [0.1, 0.15) is 5.75 Å². The Balaban J connectivity index is 0.00000225. The Kier molecular flexibility index (Phi) is 8.25. The number of guanidine groups is 1. The molecular formula is C18H30IN5O. The number of likely N-dealkylation sites (N-methyl/N-ethyl adjacent to an activating group) is 1. The fourth-order valence-corrected chi connectivity index (χ4v) is 3.35. The van der Waals surface area contributed by atoms with Gasteiger partial charge in [0.05, 0.1) is 19.2 Å². The predicted octanol–water partition coefficient (Wildman–Crippen LogP) is 1.67. The lowest BCUT2D eigenvalue weighted by molar-refractivity contribution is 0.262. The van der Waals surface area contributed by atoms with Gasteiger partial charge in [0.2, 0.25) is 0 Å². The third-order valence-corrected chi connectivity index (χ3v) is 4.79. The van der Waals surface area contributed by atoms with Crippen LogP contribution in [0.25, 0.3) is 0 Å². The number of nitrogens with zero attached hydrogens (tertiary/aromatic N) is 3. The van der Waals surface area contributed by atoms with E-state index < -0.39 is 0 Å². The molecule has 25 heavy (non-hydrogen) atoms. The number of benzene rings is 1. The lowest BCUT2D eigenvalue weighted by Crippen LogP contribution is -2.38. The van der Waals surface area contributed by atoms with E-state index in [1.54, 1.807) is 0 Å². The molecule has 1 fully saturated rings. The Morgan fingerprint density at radius 1 is 1.28 bits per heavy atom. The average Bonchev–Trinajstić information content (AvgIpc) is 2.80. The number of ether oxygens (including phenoxy) is 1. The molecule has 6 nitrogen and oxygen atoms in total. The quantitative estimate of drug-likeness (QED) is 0.408. The molecule has 0 saturated carbocycles. The number of fused-ring (bicyclic) bond motifs is 1. The minimum Gasteiger partial charge on any atom is -0.493 e. The van der Waals surface area contributed by atoms with Gasteiger partial charge in [-0.15, -0.1) is 24.0 Å². The molecule has 2 heterocycles. The van der Waals surface area contributed by atoms with Crippen molar-refractivity contribution in [2.45, 2.75) is 18.9 Å². The minimum absolute atomic E-state index is 0. The Morgan fingerprint density at radius 3 is 3.00 bits per heavy atom. The van der Waals surface area contributed by atoms with Crippen LogP contribution < -0.4 is 15.8 Å². The van der Waals surface area contributed by atoms with Crippen LogP contribution in [-0.2, 0) is 0 Å². The number of rotatable bonds is 4. The van der Waals surface area contributed by atoms with Gasteiger partial charge in [0, 0.05) is 31.6 Å². The largest absolute Gasteiger partial charge is 0.493 e. The van der Waals surface area contributed by atoms with Crippen LogP contribution in [0.5, 0.6) is 5.75 Å².